The number of methoxy groups -OCH3 is 2. The van der Waals surface area contributed by atoms with Crippen LogP contribution in [0.1, 0.15) is 6.42 Å². The first kappa shape index (κ1) is 20.1. The maximum Gasteiger partial charge on any atom is 0.222 e. The van der Waals surface area contributed by atoms with Gasteiger partial charge in [-0.15, -0.1) is 0 Å². The summed E-state index contributed by atoms with van der Waals surface area (Å²) in [7, 11) is 3.22. The molecule has 0 amide bonds. The second kappa shape index (κ2) is 8.68. The average molecular weight is 410 g/mol. The van der Waals surface area contributed by atoms with Gasteiger partial charge in [-0.05, 0) is 43.3 Å². The molecule has 0 bridgehead atoms. The fourth-order valence-corrected chi connectivity index (χ4v) is 3.74. The van der Waals surface area contributed by atoms with E-state index in [1.165, 1.54) is 0 Å². The van der Waals surface area contributed by atoms with Crippen LogP contribution in [-0.4, -0.2) is 61.5 Å². The molecule has 3 aromatic rings. The van der Waals surface area contributed by atoms with E-state index in [1.54, 1.807) is 14.2 Å². The highest BCUT2D eigenvalue weighted by Crippen LogP contribution is 2.33. The van der Waals surface area contributed by atoms with Gasteiger partial charge in [-0.25, -0.2) is 9.97 Å². The van der Waals surface area contributed by atoms with Crippen molar-refractivity contribution in [2.75, 3.05) is 51.2 Å². The van der Waals surface area contributed by atoms with Crippen molar-refractivity contribution in [3.05, 3.63) is 30.3 Å². The van der Waals surface area contributed by atoms with Crippen molar-refractivity contribution in [3.8, 4) is 22.8 Å². The Labute approximate surface area is 175 Å². The standard InChI is InChI=1S/C21H26N6O3/c1-28-17-6-3-13(11-18(17)29-2)15-4-5-16-19(24-15)20(26-21(23)25-16)27-9-10-30-12-14(27)7-8-22/h3-6,11,14H,7-10,12,22H2,1-2H3,(H2,23,25,26). The van der Waals surface area contributed by atoms with Crippen molar-refractivity contribution in [2.24, 2.45) is 5.73 Å². The summed E-state index contributed by atoms with van der Waals surface area (Å²) in [6, 6.07) is 9.65. The topological polar surface area (TPSA) is 122 Å². The number of nitrogens with two attached hydrogens (primary N) is 2. The summed E-state index contributed by atoms with van der Waals surface area (Å²) in [5, 5.41) is 0. The molecule has 1 fully saturated rings. The van der Waals surface area contributed by atoms with Crippen molar-refractivity contribution < 1.29 is 14.2 Å². The summed E-state index contributed by atoms with van der Waals surface area (Å²) in [6.45, 7) is 2.46. The van der Waals surface area contributed by atoms with Crippen LogP contribution in [0.25, 0.3) is 22.3 Å². The Morgan fingerprint density at radius 2 is 1.93 bits per heavy atom. The van der Waals surface area contributed by atoms with Crippen LogP contribution in [0.5, 0.6) is 11.5 Å². The first-order valence-corrected chi connectivity index (χ1v) is 9.85. The first-order valence-electron chi connectivity index (χ1n) is 9.85. The second-order valence-corrected chi connectivity index (χ2v) is 7.04. The molecule has 3 heterocycles. The van der Waals surface area contributed by atoms with E-state index in [4.69, 9.17) is 30.7 Å². The van der Waals surface area contributed by atoms with Gasteiger partial charge >= 0.3 is 0 Å². The van der Waals surface area contributed by atoms with Crippen LogP contribution in [0, 0.1) is 0 Å². The smallest absolute Gasteiger partial charge is 0.222 e. The molecule has 30 heavy (non-hydrogen) atoms. The van der Waals surface area contributed by atoms with Gasteiger partial charge in [0.2, 0.25) is 5.95 Å². The molecule has 2 aromatic heterocycles. The number of benzene rings is 1. The van der Waals surface area contributed by atoms with Gasteiger partial charge in [0.15, 0.2) is 17.3 Å². The van der Waals surface area contributed by atoms with E-state index in [1.807, 2.05) is 30.3 Å². The number of ether oxygens (including phenoxy) is 3. The summed E-state index contributed by atoms with van der Waals surface area (Å²) in [5.74, 6) is 2.23. The van der Waals surface area contributed by atoms with Gasteiger partial charge < -0.3 is 30.6 Å². The van der Waals surface area contributed by atoms with Gasteiger partial charge in [0, 0.05) is 12.1 Å². The zero-order valence-corrected chi connectivity index (χ0v) is 17.2. The second-order valence-electron chi connectivity index (χ2n) is 7.04. The lowest BCUT2D eigenvalue weighted by Gasteiger charge is -2.36. The van der Waals surface area contributed by atoms with E-state index in [-0.39, 0.29) is 12.0 Å². The molecule has 158 valence electrons. The monoisotopic (exact) mass is 410 g/mol. The normalized spacial score (nSPS) is 16.6. The van der Waals surface area contributed by atoms with Crippen LogP contribution >= 0.6 is 0 Å². The largest absolute Gasteiger partial charge is 0.493 e. The zero-order valence-electron chi connectivity index (χ0n) is 17.2. The lowest BCUT2D eigenvalue weighted by atomic mass is 10.1. The Hall–Kier alpha value is -3.17. The van der Waals surface area contributed by atoms with Gasteiger partial charge in [0.05, 0.1) is 44.7 Å². The van der Waals surface area contributed by atoms with E-state index in [0.29, 0.717) is 54.7 Å². The van der Waals surface area contributed by atoms with Crippen molar-refractivity contribution in [1.82, 2.24) is 15.0 Å². The molecular formula is C21H26N6O3. The minimum absolute atomic E-state index is 0.118. The number of anilines is 2. The number of hydrogen-bond donors (Lipinski definition) is 2. The van der Waals surface area contributed by atoms with Crippen molar-refractivity contribution >= 4 is 22.8 Å². The number of nitrogen functional groups attached to an aromatic ring is 1. The number of fused-ring (bicyclic) bond motifs is 1. The third-order valence-electron chi connectivity index (χ3n) is 5.22. The SMILES string of the molecule is COc1ccc(-c2ccc3nc(N)nc(N4CCOCC4CCN)c3n2)cc1OC. The van der Waals surface area contributed by atoms with Crippen LogP contribution in [-0.2, 0) is 4.74 Å². The maximum atomic E-state index is 6.01. The summed E-state index contributed by atoms with van der Waals surface area (Å²) in [5.41, 5.74) is 14.9. The zero-order chi connectivity index (χ0) is 21.1. The van der Waals surface area contributed by atoms with Crippen molar-refractivity contribution in [1.29, 1.82) is 0 Å². The molecule has 1 aliphatic heterocycles. The molecule has 0 aliphatic carbocycles. The third-order valence-corrected chi connectivity index (χ3v) is 5.22. The minimum atomic E-state index is 0.118. The lowest BCUT2D eigenvalue weighted by Crippen LogP contribution is -2.47. The summed E-state index contributed by atoms with van der Waals surface area (Å²) in [6.07, 6.45) is 0.792. The number of pyridine rings is 1. The highest BCUT2D eigenvalue weighted by molar-refractivity contribution is 5.89. The fourth-order valence-electron chi connectivity index (χ4n) is 3.74. The number of aromatic nitrogens is 3. The Balaban J connectivity index is 1.82. The quantitative estimate of drug-likeness (QED) is 0.627. The average Bonchev–Trinajstić information content (AvgIpc) is 2.78. The highest BCUT2D eigenvalue weighted by atomic mass is 16.5. The van der Waals surface area contributed by atoms with Gasteiger partial charge in [-0.2, -0.15) is 4.98 Å². The molecule has 9 heteroatoms. The molecule has 0 spiro atoms. The van der Waals surface area contributed by atoms with Gasteiger partial charge in [0.1, 0.15) is 5.52 Å². The Morgan fingerprint density at radius 3 is 2.70 bits per heavy atom. The molecule has 4 rings (SSSR count). The Bertz CT molecular complexity index is 1040. The van der Waals surface area contributed by atoms with Gasteiger partial charge in [0.25, 0.3) is 0 Å². The molecule has 1 atom stereocenters. The molecule has 1 aromatic carbocycles. The number of nitrogens with zero attached hydrogens (tertiary/aromatic N) is 4. The Morgan fingerprint density at radius 1 is 1.10 bits per heavy atom. The van der Waals surface area contributed by atoms with Gasteiger partial charge in [-0.1, -0.05) is 0 Å². The molecule has 1 unspecified atom stereocenters. The minimum Gasteiger partial charge on any atom is -0.493 e. The van der Waals surface area contributed by atoms with E-state index in [0.717, 1.165) is 17.7 Å². The maximum absolute atomic E-state index is 6.01. The summed E-state index contributed by atoms with van der Waals surface area (Å²) >= 11 is 0. The molecule has 4 N–H and O–H groups in total. The van der Waals surface area contributed by atoms with Crippen LogP contribution < -0.4 is 25.8 Å². The number of rotatable bonds is 6. The molecule has 9 nitrogen and oxygen atoms in total. The molecule has 0 saturated carbocycles. The molecular weight excluding hydrogens is 384 g/mol. The third kappa shape index (κ3) is 3.81. The lowest BCUT2D eigenvalue weighted by molar-refractivity contribution is 0.0919. The predicted molar refractivity (Wildman–Crippen MR) is 116 cm³/mol. The van der Waals surface area contributed by atoms with Crippen molar-refractivity contribution in [3.63, 3.8) is 0 Å². The van der Waals surface area contributed by atoms with Gasteiger partial charge in [-0.3, -0.25) is 0 Å². The van der Waals surface area contributed by atoms with E-state index < -0.39 is 0 Å². The number of morpholine rings is 1. The fraction of sp³-hybridized carbons (Fsp3) is 0.381. The van der Waals surface area contributed by atoms with Crippen LogP contribution in [0.15, 0.2) is 30.3 Å². The van der Waals surface area contributed by atoms with Crippen LogP contribution in [0.3, 0.4) is 0 Å². The van der Waals surface area contributed by atoms with E-state index in [2.05, 4.69) is 14.9 Å². The summed E-state index contributed by atoms with van der Waals surface area (Å²) < 4.78 is 16.4. The number of hydrogen-bond acceptors (Lipinski definition) is 9. The summed E-state index contributed by atoms with van der Waals surface area (Å²) in [4.78, 5) is 16.0. The predicted octanol–water partition coefficient (Wildman–Crippen LogP) is 1.85. The van der Waals surface area contributed by atoms with Crippen LogP contribution in [0.2, 0.25) is 0 Å². The first-order chi connectivity index (χ1) is 14.6. The van der Waals surface area contributed by atoms with E-state index in [9.17, 15) is 0 Å². The van der Waals surface area contributed by atoms with E-state index >= 15 is 0 Å². The van der Waals surface area contributed by atoms with Crippen LogP contribution in [0.4, 0.5) is 11.8 Å². The highest BCUT2D eigenvalue weighted by Gasteiger charge is 2.26. The molecule has 1 saturated heterocycles. The van der Waals surface area contributed by atoms with Crippen molar-refractivity contribution in [2.45, 2.75) is 12.5 Å². The molecule has 0 radical (unpaired) electrons. The Kier molecular flexibility index (Phi) is 5.82. The molecule has 1 aliphatic rings.